The Morgan fingerprint density at radius 1 is 1.43 bits per heavy atom. The summed E-state index contributed by atoms with van der Waals surface area (Å²) in [6.45, 7) is 4.13. The van der Waals surface area contributed by atoms with Gasteiger partial charge in [-0.2, -0.15) is 10.2 Å². The monoisotopic (exact) mass is 380 g/mol. The van der Waals surface area contributed by atoms with E-state index in [-0.39, 0.29) is 29.0 Å². The Labute approximate surface area is 145 Å². The second-order valence-corrected chi connectivity index (χ2v) is 7.24. The summed E-state index contributed by atoms with van der Waals surface area (Å²) in [6.07, 6.45) is 0. The highest BCUT2D eigenvalue weighted by molar-refractivity contribution is 7.89. The molecule has 0 aromatic carbocycles. The first-order valence-electron chi connectivity index (χ1n) is 6.83. The fourth-order valence-electron chi connectivity index (χ4n) is 2.50. The number of hydrogen-bond donors (Lipinski definition) is 2. The molecular weight excluding hydrogens is 363 g/mol. The number of aromatic nitrogens is 4. The zero-order chi connectivity index (χ0) is 15.9. The smallest absolute Gasteiger partial charge is 0.245 e. The Kier molecular flexibility index (Phi) is 5.37. The van der Waals surface area contributed by atoms with Crippen LogP contribution in [0.1, 0.15) is 17.1 Å². The van der Waals surface area contributed by atoms with E-state index in [1.54, 1.807) is 14.0 Å². The van der Waals surface area contributed by atoms with Crippen LogP contribution in [-0.4, -0.2) is 34.5 Å². The minimum absolute atomic E-state index is 0. The van der Waals surface area contributed by atoms with E-state index in [2.05, 4.69) is 20.2 Å². The quantitative estimate of drug-likeness (QED) is 0.808. The number of rotatable bonds is 4. The van der Waals surface area contributed by atoms with E-state index in [4.69, 9.17) is 11.6 Å². The molecule has 1 aliphatic heterocycles. The van der Waals surface area contributed by atoms with Crippen molar-refractivity contribution in [1.82, 2.24) is 29.6 Å². The average molecular weight is 381 g/mol. The highest BCUT2D eigenvalue weighted by Crippen LogP contribution is 2.24. The van der Waals surface area contributed by atoms with Gasteiger partial charge in [0.1, 0.15) is 10.0 Å². The number of hydrogen-bond acceptors (Lipinski definition) is 5. The van der Waals surface area contributed by atoms with Crippen molar-refractivity contribution in [2.45, 2.75) is 31.5 Å². The lowest BCUT2D eigenvalue weighted by Crippen LogP contribution is -2.28. The molecule has 0 fully saturated rings. The van der Waals surface area contributed by atoms with Crippen LogP contribution in [0.15, 0.2) is 11.0 Å². The van der Waals surface area contributed by atoms with E-state index in [0.29, 0.717) is 11.4 Å². The maximum absolute atomic E-state index is 12.4. The Balaban J connectivity index is 0.00000192. The van der Waals surface area contributed by atoms with Crippen molar-refractivity contribution in [1.29, 1.82) is 0 Å². The molecule has 0 radical (unpaired) electrons. The van der Waals surface area contributed by atoms with Crippen LogP contribution in [0.25, 0.3) is 0 Å². The Morgan fingerprint density at radius 3 is 2.78 bits per heavy atom. The molecule has 0 atom stereocenters. The molecule has 0 aliphatic carbocycles. The lowest BCUT2D eigenvalue weighted by atomic mass is 10.3. The van der Waals surface area contributed by atoms with E-state index in [0.717, 1.165) is 25.3 Å². The lowest BCUT2D eigenvalue weighted by molar-refractivity contribution is 0.473. The summed E-state index contributed by atoms with van der Waals surface area (Å²) in [5.74, 6) is 0. The normalized spacial score (nSPS) is 14.4. The van der Waals surface area contributed by atoms with Gasteiger partial charge in [0.2, 0.25) is 10.0 Å². The standard InChI is InChI=1S/C12H17ClN6O2S.ClH/c1-8-11(12(13)18(2)16-8)22(20,21)15-6-9-5-10-7-14-3-4-19(10)17-9;/h5,14-15H,3-4,6-7H2,1-2H3;1H. The number of sulfonamides is 1. The zero-order valence-corrected chi connectivity index (χ0v) is 15.1. The molecule has 2 aromatic heterocycles. The summed E-state index contributed by atoms with van der Waals surface area (Å²) in [5, 5.41) is 11.8. The summed E-state index contributed by atoms with van der Waals surface area (Å²) in [6, 6.07) is 1.90. The van der Waals surface area contributed by atoms with Crippen LogP contribution >= 0.6 is 24.0 Å². The summed E-state index contributed by atoms with van der Waals surface area (Å²) in [4.78, 5) is 0.0160. The number of halogens is 2. The largest absolute Gasteiger partial charge is 0.309 e. The number of fused-ring (bicyclic) bond motifs is 1. The number of nitrogens with zero attached hydrogens (tertiary/aromatic N) is 4. The third kappa shape index (κ3) is 3.53. The summed E-state index contributed by atoms with van der Waals surface area (Å²) >= 11 is 6.02. The van der Waals surface area contributed by atoms with Gasteiger partial charge in [0.25, 0.3) is 0 Å². The molecule has 0 spiro atoms. The number of nitrogens with one attached hydrogen (secondary N) is 2. The van der Waals surface area contributed by atoms with E-state index >= 15 is 0 Å². The third-order valence-corrected chi connectivity index (χ3v) is 5.63. The molecule has 0 unspecified atom stereocenters. The van der Waals surface area contributed by atoms with E-state index < -0.39 is 10.0 Å². The van der Waals surface area contributed by atoms with Crippen LogP contribution in [0.2, 0.25) is 5.15 Å². The first kappa shape index (κ1) is 18.2. The molecule has 11 heteroatoms. The first-order chi connectivity index (χ1) is 10.4. The van der Waals surface area contributed by atoms with Gasteiger partial charge in [0.15, 0.2) is 0 Å². The minimum atomic E-state index is -3.73. The van der Waals surface area contributed by atoms with Gasteiger partial charge in [-0.05, 0) is 13.0 Å². The van der Waals surface area contributed by atoms with Crippen molar-refractivity contribution in [3.8, 4) is 0 Å². The maximum Gasteiger partial charge on any atom is 0.245 e. The highest BCUT2D eigenvalue weighted by Gasteiger charge is 2.25. The second-order valence-electron chi connectivity index (χ2n) is 5.18. The van der Waals surface area contributed by atoms with Crippen LogP contribution in [0.4, 0.5) is 0 Å². The van der Waals surface area contributed by atoms with Gasteiger partial charge in [-0.25, -0.2) is 13.1 Å². The molecule has 0 saturated carbocycles. The summed E-state index contributed by atoms with van der Waals surface area (Å²) < 4.78 is 30.6. The van der Waals surface area contributed by atoms with Crippen molar-refractivity contribution in [3.05, 3.63) is 28.3 Å². The van der Waals surface area contributed by atoms with Crippen LogP contribution in [0.5, 0.6) is 0 Å². The minimum Gasteiger partial charge on any atom is -0.309 e. The highest BCUT2D eigenvalue weighted by atomic mass is 35.5. The summed E-state index contributed by atoms with van der Waals surface area (Å²) in [7, 11) is -2.13. The molecule has 0 saturated heterocycles. The number of aryl methyl sites for hydroxylation is 2. The topological polar surface area (TPSA) is 93.8 Å². The van der Waals surface area contributed by atoms with E-state index in [1.165, 1.54) is 4.68 Å². The van der Waals surface area contributed by atoms with Gasteiger partial charge < -0.3 is 5.32 Å². The molecule has 3 rings (SSSR count). The summed E-state index contributed by atoms with van der Waals surface area (Å²) in [5.41, 5.74) is 2.10. The van der Waals surface area contributed by atoms with Gasteiger partial charge in [-0.15, -0.1) is 12.4 Å². The molecule has 8 nitrogen and oxygen atoms in total. The molecule has 23 heavy (non-hydrogen) atoms. The molecular formula is C12H18Cl2N6O2S. The Morgan fingerprint density at radius 2 is 2.17 bits per heavy atom. The molecule has 128 valence electrons. The first-order valence-corrected chi connectivity index (χ1v) is 8.69. The maximum atomic E-state index is 12.4. The van der Waals surface area contributed by atoms with E-state index in [1.807, 2.05) is 10.7 Å². The molecule has 2 N–H and O–H groups in total. The lowest BCUT2D eigenvalue weighted by Gasteiger charge is -2.13. The van der Waals surface area contributed by atoms with Crippen LogP contribution in [0.3, 0.4) is 0 Å². The Bertz CT molecular complexity index is 790. The SMILES string of the molecule is Cc1nn(C)c(Cl)c1S(=O)(=O)NCc1cc2n(n1)CCNC2.Cl. The van der Waals surface area contributed by atoms with Crippen molar-refractivity contribution in [3.63, 3.8) is 0 Å². The predicted octanol–water partition coefficient (Wildman–Crippen LogP) is 0.582. The molecule has 0 bridgehead atoms. The zero-order valence-electron chi connectivity index (χ0n) is 12.7. The molecule has 3 heterocycles. The van der Waals surface area contributed by atoms with Crippen molar-refractivity contribution < 1.29 is 8.42 Å². The van der Waals surface area contributed by atoms with Crippen LogP contribution < -0.4 is 10.0 Å². The van der Waals surface area contributed by atoms with Gasteiger partial charge in [-0.1, -0.05) is 11.6 Å². The average Bonchev–Trinajstić information content (AvgIpc) is 2.98. The Hall–Kier alpha value is -1.13. The van der Waals surface area contributed by atoms with Crippen LogP contribution in [-0.2, 0) is 36.7 Å². The fourth-order valence-corrected chi connectivity index (χ4v) is 4.24. The molecule has 0 amide bonds. The predicted molar refractivity (Wildman–Crippen MR) is 88.2 cm³/mol. The second kappa shape index (κ2) is 6.78. The fraction of sp³-hybridized carbons (Fsp3) is 0.500. The van der Waals surface area contributed by atoms with Gasteiger partial charge in [0.05, 0.1) is 30.2 Å². The van der Waals surface area contributed by atoms with Gasteiger partial charge >= 0.3 is 0 Å². The van der Waals surface area contributed by atoms with Crippen molar-refractivity contribution in [2.24, 2.45) is 7.05 Å². The van der Waals surface area contributed by atoms with Crippen LogP contribution in [0, 0.1) is 6.92 Å². The van der Waals surface area contributed by atoms with Gasteiger partial charge in [0, 0.05) is 20.1 Å². The molecule has 1 aliphatic rings. The third-order valence-electron chi connectivity index (χ3n) is 3.53. The van der Waals surface area contributed by atoms with Crippen molar-refractivity contribution in [2.75, 3.05) is 6.54 Å². The van der Waals surface area contributed by atoms with Crippen molar-refractivity contribution >= 4 is 34.0 Å². The van der Waals surface area contributed by atoms with E-state index in [9.17, 15) is 8.42 Å². The molecule has 2 aromatic rings. The van der Waals surface area contributed by atoms with Gasteiger partial charge in [-0.3, -0.25) is 9.36 Å².